The summed E-state index contributed by atoms with van der Waals surface area (Å²) >= 11 is 13.8. The minimum atomic E-state index is -0.337. The summed E-state index contributed by atoms with van der Waals surface area (Å²) in [4.78, 5) is 27.4. The van der Waals surface area contributed by atoms with Crippen molar-refractivity contribution in [1.82, 2.24) is 4.90 Å². The van der Waals surface area contributed by atoms with Crippen LogP contribution in [0.5, 0.6) is 5.75 Å². The molecule has 1 N–H and O–H groups in total. The summed E-state index contributed by atoms with van der Waals surface area (Å²) in [5, 5.41) is 11.0. The Labute approximate surface area is 194 Å². The van der Waals surface area contributed by atoms with Crippen LogP contribution in [0.3, 0.4) is 0 Å². The number of benzene rings is 2. The van der Waals surface area contributed by atoms with E-state index in [1.807, 2.05) is 6.07 Å². The first kappa shape index (κ1) is 21.1. The predicted molar refractivity (Wildman–Crippen MR) is 121 cm³/mol. The van der Waals surface area contributed by atoms with Gasteiger partial charge in [0.15, 0.2) is 0 Å². The van der Waals surface area contributed by atoms with Crippen LogP contribution in [-0.2, 0) is 11.2 Å². The highest BCUT2D eigenvalue weighted by Crippen LogP contribution is 2.43. The summed E-state index contributed by atoms with van der Waals surface area (Å²) in [6.45, 7) is 1.39. The zero-order valence-electron chi connectivity index (χ0n) is 16.5. The maximum absolute atomic E-state index is 12.0. The van der Waals surface area contributed by atoms with Crippen LogP contribution in [0.2, 0.25) is 10.0 Å². The molecule has 0 spiro atoms. The number of likely N-dealkylation sites (tertiary alicyclic amines) is 1. The molecule has 0 saturated carbocycles. The largest absolute Gasteiger partial charge is 0.484 e. The Hall–Kier alpha value is -1.77. The smallest absolute Gasteiger partial charge is 0.293 e. The number of carbonyl (C=O) groups is 2. The monoisotopic (exact) mass is 478 g/mol. The highest BCUT2D eigenvalue weighted by atomic mass is 35.5. The molecule has 2 aromatic carbocycles. The van der Waals surface area contributed by atoms with Crippen LogP contribution in [0.25, 0.3) is 0 Å². The zero-order chi connectivity index (χ0) is 21.7. The molecule has 0 aromatic heterocycles. The molecule has 0 unspecified atom stereocenters. The van der Waals surface area contributed by atoms with E-state index in [0.717, 1.165) is 42.3 Å². The molecule has 3 aliphatic rings. The molecular formula is C22H20Cl2N2O4S. The number of halogens is 2. The molecule has 2 aromatic rings. The minimum Gasteiger partial charge on any atom is -0.484 e. The second-order valence-electron chi connectivity index (χ2n) is 7.98. The first-order valence-electron chi connectivity index (χ1n) is 10.1. The summed E-state index contributed by atoms with van der Waals surface area (Å²) in [5.41, 5.74) is 2.50. The van der Waals surface area contributed by atoms with Crippen LogP contribution in [-0.4, -0.2) is 52.1 Å². The maximum atomic E-state index is 12.0. The number of fused-ring (bicyclic) bond motifs is 1. The van der Waals surface area contributed by atoms with Gasteiger partial charge in [0.25, 0.3) is 5.24 Å². The van der Waals surface area contributed by atoms with Crippen LogP contribution < -0.4 is 9.64 Å². The van der Waals surface area contributed by atoms with Gasteiger partial charge in [0, 0.05) is 28.7 Å². The van der Waals surface area contributed by atoms with Gasteiger partial charge in [-0.2, -0.15) is 0 Å². The second kappa shape index (κ2) is 8.30. The number of ether oxygens (including phenoxy) is 1. The number of aliphatic hydroxyl groups excluding tert-OH is 1. The standard InChI is InChI=1S/C22H20Cl2N2O4S/c23-12-7-17-16(18(24)8-12)9-19(25-6-5-14(27)10-25)21(17)30-15-3-1-13(2-4-15)26-20(28)11-31-22(26)29/h1-4,7-8,14,19,21,27H,5-6,9-11H2/t14-,19-,21+/m1/s1. The van der Waals surface area contributed by atoms with Gasteiger partial charge in [-0.15, -0.1) is 0 Å². The first-order chi connectivity index (χ1) is 14.9. The molecule has 3 atom stereocenters. The van der Waals surface area contributed by atoms with Gasteiger partial charge < -0.3 is 9.84 Å². The molecule has 162 valence electrons. The molecule has 31 heavy (non-hydrogen) atoms. The number of amides is 2. The van der Waals surface area contributed by atoms with E-state index in [-0.39, 0.29) is 35.1 Å². The van der Waals surface area contributed by atoms with Crippen molar-refractivity contribution in [2.75, 3.05) is 23.7 Å². The zero-order valence-corrected chi connectivity index (χ0v) is 18.8. The Morgan fingerprint density at radius 3 is 2.55 bits per heavy atom. The molecular weight excluding hydrogens is 459 g/mol. The molecule has 9 heteroatoms. The van der Waals surface area contributed by atoms with Gasteiger partial charge in [0.1, 0.15) is 11.9 Å². The van der Waals surface area contributed by atoms with Crippen molar-refractivity contribution in [1.29, 1.82) is 0 Å². The van der Waals surface area contributed by atoms with E-state index < -0.39 is 0 Å². The molecule has 2 saturated heterocycles. The van der Waals surface area contributed by atoms with Crippen molar-refractivity contribution in [2.24, 2.45) is 0 Å². The molecule has 2 fully saturated rings. The number of imide groups is 1. The average molecular weight is 479 g/mol. The van der Waals surface area contributed by atoms with Crippen molar-refractivity contribution in [3.63, 3.8) is 0 Å². The van der Waals surface area contributed by atoms with Crippen LogP contribution in [0.4, 0.5) is 10.5 Å². The summed E-state index contributed by atoms with van der Waals surface area (Å²) in [7, 11) is 0. The predicted octanol–water partition coefficient (Wildman–Crippen LogP) is 4.30. The van der Waals surface area contributed by atoms with Gasteiger partial charge in [-0.3, -0.25) is 14.5 Å². The van der Waals surface area contributed by atoms with E-state index in [1.54, 1.807) is 30.3 Å². The van der Waals surface area contributed by atoms with Gasteiger partial charge in [-0.1, -0.05) is 35.0 Å². The SMILES string of the molecule is O=C1CSC(=O)N1c1ccc(O[C@H]2c3cc(Cl)cc(Cl)c3C[C@H]2N2CC[C@@H](O)C2)cc1. The van der Waals surface area contributed by atoms with Crippen molar-refractivity contribution < 1.29 is 19.4 Å². The summed E-state index contributed by atoms with van der Waals surface area (Å²) in [6.07, 6.45) is 0.817. The summed E-state index contributed by atoms with van der Waals surface area (Å²) in [6, 6.07) is 10.6. The number of aliphatic hydroxyl groups is 1. The Morgan fingerprint density at radius 1 is 1.13 bits per heavy atom. The average Bonchev–Trinajstić information content (AvgIpc) is 3.41. The Bertz CT molecular complexity index is 1030. The van der Waals surface area contributed by atoms with Crippen LogP contribution >= 0.6 is 35.0 Å². The number of thioether (sulfide) groups is 1. The number of nitrogens with zero attached hydrogens (tertiary/aromatic N) is 2. The van der Waals surface area contributed by atoms with Crippen molar-refractivity contribution in [3.8, 4) is 5.75 Å². The van der Waals surface area contributed by atoms with E-state index in [4.69, 9.17) is 27.9 Å². The number of hydrogen-bond acceptors (Lipinski definition) is 6. The number of anilines is 1. The summed E-state index contributed by atoms with van der Waals surface area (Å²) in [5.74, 6) is 0.570. The Morgan fingerprint density at radius 2 is 1.90 bits per heavy atom. The Balaban J connectivity index is 1.43. The van der Waals surface area contributed by atoms with Gasteiger partial charge >= 0.3 is 0 Å². The number of hydrogen-bond donors (Lipinski definition) is 1. The molecule has 0 radical (unpaired) electrons. The lowest BCUT2D eigenvalue weighted by Crippen LogP contribution is -2.39. The lowest BCUT2D eigenvalue weighted by Gasteiger charge is -2.30. The van der Waals surface area contributed by atoms with Crippen LogP contribution in [0.15, 0.2) is 36.4 Å². The van der Waals surface area contributed by atoms with E-state index >= 15 is 0 Å². The minimum absolute atomic E-state index is 0.0286. The van der Waals surface area contributed by atoms with Crippen molar-refractivity contribution in [2.45, 2.75) is 31.1 Å². The number of β-amino-alcohol motifs (C(OH)–C–C–N with tert-alkyl or cyclic N) is 1. The van der Waals surface area contributed by atoms with Gasteiger partial charge in [0.2, 0.25) is 5.91 Å². The number of carbonyl (C=O) groups excluding carboxylic acids is 2. The highest BCUT2D eigenvalue weighted by Gasteiger charge is 2.41. The topological polar surface area (TPSA) is 70.1 Å². The lowest BCUT2D eigenvalue weighted by atomic mass is 10.1. The normalized spacial score (nSPS) is 26.0. The fraction of sp³-hybridized carbons (Fsp3) is 0.364. The first-order valence-corrected chi connectivity index (χ1v) is 11.8. The number of rotatable bonds is 4. The Kier molecular flexibility index (Phi) is 5.65. The van der Waals surface area contributed by atoms with E-state index in [0.29, 0.717) is 28.0 Å². The molecule has 2 amide bonds. The molecule has 0 bridgehead atoms. The third-order valence-electron chi connectivity index (χ3n) is 6.04. The van der Waals surface area contributed by atoms with Crippen LogP contribution in [0.1, 0.15) is 23.7 Å². The lowest BCUT2D eigenvalue weighted by molar-refractivity contribution is -0.115. The third kappa shape index (κ3) is 3.94. The van der Waals surface area contributed by atoms with E-state index in [1.165, 1.54) is 4.90 Å². The fourth-order valence-electron chi connectivity index (χ4n) is 4.57. The van der Waals surface area contributed by atoms with Gasteiger partial charge in [-0.05, 0) is 54.8 Å². The fourth-order valence-corrected chi connectivity index (χ4v) is 5.87. The molecule has 6 nitrogen and oxygen atoms in total. The van der Waals surface area contributed by atoms with Gasteiger partial charge in [0.05, 0.1) is 23.6 Å². The van der Waals surface area contributed by atoms with E-state index in [9.17, 15) is 14.7 Å². The van der Waals surface area contributed by atoms with E-state index in [2.05, 4.69) is 4.90 Å². The summed E-state index contributed by atoms with van der Waals surface area (Å²) < 4.78 is 6.41. The quantitative estimate of drug-likeness (QED) is 0.705. The van der Waals surface area contributed by atoms with Crippen molar-refractivity contribution in [3.05, 3.63) is 57.6 Å². The molecule has 1 aliphatic carbocycles. The third-order valence-corrected chi connectivity index (χ3v) is 7.41. The molecule has 2 heterocycles. The maximum Gasteiger partial charge on any atom is 0.293 e. The van der Waals surface area contributed by atoms with Crippen molar-refractivity contribution >= 4 is 51.8 Å². The molecule has 5 rings (SSSR count). The van der Waals surface area contributed by atoms with Crippen LogP contribution in [0, 0.1) is 0 Å². The highest BCUT2D eigenvalue weighted by molar-refractivity contribution is 8.15. The molecule has 2 aliphatic heterocycles. The van der Waals surface area contributed by atoms with Gasteiger partial charge in [-0.25, -0.2) is 4.90 Å². The second-order valence-corrected chi connectivity index (χ2v) is 9.75.